The second-order valence-corrected chi connectivity index (χ2v) is 5.03. The Labute approximate surface area is 110 Å². The first kappa shape index (κ1) is 14.1. The smallest absolute Gasteiger partial charge is 0.302 e. The van der Waals surface area contributed by atoms with E-state index in [9.17, 15) is 18.0 Å². The molecule has 2 rings (SSSR count). The second kappa shape index (κ2) is 5.33. The fourth-order valence-electron chi connectivity index (χ4n) is 2.33. The number of carbonyl (C=O) groups excluding carboxylic acids is 1. The van der Waals surface area contributed by atoms with E-state index in [2.05, 4.69) is 4.90 Å². The molecule has 0 bridgehead atoms. The van der Waals surface area contributed by atoms with E-state index in [1.54, 1.807) is 0 Å². The van der Waals surface area contributed by atoms with Gasteiger partial charge in [-0.25, -0.2) is 0 Å². The van der Waals surface area contributed by atoms with Crippen LogP contribution in [0.15, 0.2) is 24.3 Å². The molecular formula is C14H16F3NO. The number of nitrogens with zero attached hydrogens (tertiary/aromatic N) is 1. The standard InChI is InChI=1S/C14H16F3NO/c1-18-7-6-13(19)9-12(18)8-10-2-4-11(5-3-10)14(15,16)17/h2-5,12H,6-9H2,1H3. The summed E-state index contributed by atoms with van der Waals surface area (Å²) in [4.78, 5) is 13.5. The Balaban J connectivity index is 2.05. The van der Waals surface area contributed by atoms with E-state index < -0.39 is 11.7 Å². The SMILES string of the molecule is CN1CCC(=O)CC1Cc1ccc(C(F)(F)F)cc1. The van der Waals surface area contributed by atoms with Crippen LogP contribution in [0.3, 0.4) is 0 Å². The van der Waals surface area contributed by atoms with Gasteiger partial charge in [0, 0.05) is 25.4 Å². The van der Waals surface area contributed by atoms with Gasteiger partial charge in [0.1, 0.15) is 5.78 Å². The van der Waals surface area contributed by atoms with E-state index >= 15 is 0 Å². The summed E-state index contributed by atoms with van der Waals surface area (Å²) in [6.45, 7) is 0.726. The van der Waals surface area contributed by atoms with Crippen LogP contribution in [0.25, 0.3) is 0 Å². The van der Waals surface area contributed by atoms with Crippen molar-refractivity contribution in [1.29, 1.82) is 0 Å². The summed E-state index contributed by atoms with van der Waals surface area (Å²) in [6.07, 6.45) is -2.63. The van der Waals surface area contributed by atoms with Crippen molar-refractivity contribution in [3.8, 4) is 0 Å². The lowest BCUT2D eigenvalue weighted by atomic mass is 9.95. The highest BCUT2D eigenvalue weighted by atomic mass is 19.4. The Bertz CT molecular complexity index is 453. The van der Waals surface area contributed by atoms with E-state index in [0.29, 0.717) is 19.3 Å². The predicted molar refractivity (Wildman–Crippen MR) is 65.8 cm³/mol. The molecule has 1 fully saturated rings. The number of piperidine rings is 1. The second-order valence-electron chi connectivity index (χ2n) is 5.03. The number of hydrogen-bond donors (Lipinski definition) is 0. The molecule has 1 saturated heterocycles. The Morgan fingerprint density at radius 2 is 1.89 bits per heavy atom. The number of carbonyl (C=O) groups is 1. The molecule has 1 unspecified atom stereocenters. The van der Waals surface area contributed by atoms with Gasteiger partial charge in [-0.1, -0.05) is 12.1 Å². The van der Waals surface area contributed by atoms with Gasteiger partial charge in [0.05, 0.1) is 5.56 Å². The number of halogens is 3. The van der Waals surface area contributed by atoms with Crippen molar-refractivity contribution in [2.45, 2.75) is 31.5 Å². The molecular weight excluding hydrogens is 255 g/mol. The normalized spacial score (nSPS) is 21.7. The summed E-state index contributed by atoms with van der Waals surface area (Å²) in [5, 5.41) is 0. The van der Waals surface area contributed by atoms with Gasteiger partial charge >= 0.3 is 6.18 Å². The lowest BCUT2D eigenvalue weighted by molar-refractivity contribution is -0.137. The van der Waals surface area contributed by atoms with Crippen molar-refractivity contribution >= 4 is 5.78 Å². The number of rotatable bonds is 2. The molecule has 2 nitrogen and oxygen atoms in total. The van der Waals surface area contributed by atoms with Gasteiger partial charge in [-0.15, -0.1) is 0 Å². The van der Waals surface area contributed by atoms with Crippen LogP contribution in [-0.4, -0.2) is 30.3 Å². The molecule has 1 aromatic rings. The van der Waals surface area contributed by atoms with Gasteiger partial charge in [-0.05, 0) is 31.2 Å². The van der Waals surface area contributed by atoms with Crippen LogP contribution < -0.4 is 0 Å². The van der Waals surface area contributed by atoms with Crippen LogP contribution in [0.2, 0.25) is 0 Å². The third-order valence-corrected chi connectivity index (χ3v) is 3.58. The van der Waals surface area contributed by atoms with E-state index in [4.69, 9.17) is 0 Å². The lowest BCUT2D eigenvalue weighted by Gasteiger charge is -2.31. The number of Topliss-reactive ketones (excluding diaryl/α,β-unsaturated/α-hetero) is 1. The van der Waals surface area contributed by atoms with Crippen molar-refractivity contribution in [1.82, 2.24) is 4.90 Å². The molecule has 104 valence electrons. The van der Waals surface area contributed by atoms with Gasteiger partial charge < -0.3 is 4.90 Å². The van der Waals surface area contributed by atoms with E-state index in [1.807, 2.05) is 7.05 Å². The van der Waals surface area contributed by atoms with Crippen molar-refractivity contribution in [2.75, 3.05) is 13.6 Å². The van der Waals surface area contributed by atoms with Crippen LogP contribution in [0.5, 0.6) is 0 Å². The summed E-state index contributed by atoms with van der Waals surface area (Å²) in [6, 6.07) is 5.28. The molecule has 19 heavy (non-hydrogen) atoms. The maximum atomic E-state index is 12.4. The molecule has 5 heteroatoms. The highest BCUT2D eigenvalue weighted by Gasteiger charge is 2.30. The first-order chi connectivity index (χ1) is 8.86. The minimum absolute atomic E-state index is 0.0954. The highest BCUT2D eigenvalue weighted by molar-refractivity contribution is 5.80. The Morgan fingerprint density at radius 1 is 1.26 bits per heavy atom. The minimum atomic E-state index is -4.30. The summed E-state index contributed by atoms with van der Waals surface area (Å²) < 4.78 is 37.3. The van der Waals surface area contributed by atoms with E-state index in [0.717, 1.165) is 24.2 Å². The van der Waals surface area contributed by atoms with Crippen LogP contribution >= 0.6 is 0 Å². The summed E-state index contributed by atoms with van der Waals surface area (Å²) in [7, 11) is 1.95. The van der Waals surface area contributed by atoms with Gasteiger partial charge in [0.15, 0.2) is 0 Å². The minimum Gasteiger partial charge on any atom is -0.302 e. The summed E-state index contributed by atoms with van der Waals surface area (Å²) >= 11 is 0. The third-order valence-electron chi connectivity index (χ3n) is 3.58. The third kappa shape index (κ3) is 3.56. The average Bonchev–Trinajstić information content (AvgIpc) is 2.33. The molecule has 0 N–H and O–H groups in total. The van der Waals surface area contributed by atoms with Crippen molar-refractivity contribution in [2.24, 2.45) is 0 Å². The summed E-state index contributed by atoms with van der Waals surface area (Å²) in [5.74, 6) is 0.231. The highest BCUT2D eigenvalue weighted by Crippen LogP contribution is 2.29. The number of likely N-dealkylation sites (N-methyl/N-ethyl adjacent to an activating group) is 1. The monoisotopic (exact) mass is 271 g/mol. The number of likely N-dealkylation sites (tertiary alicyclic amines) is 1. The lowest BCUT2D eigenvalue weighted by Crippen LogP contribution is -2.41. The fourth-order valence-corrected chi connectivity index (χ4v) is 2.33. The van der Waals surface area contributed by atoms with Crippen LogP contribution in [-0.2, 0) is 17.4 Å². The molecule has 1 aromatic carbocycles. The molecule has 1 aliphatic heterocycles. The fraction of sp³-hybridized carbons (Fsp3) is 0.500. The van der Waals surface area contributed by atoms with Crippen molar-refractivity contribution in [3.63, 3.8) is 0 Å². The van der Waals surface area contributed by atoms with Crippen LogP contribution in [0.4, 0.5) is 13.2 Å². The predicted octanol–water partition coefficient (Wildman–Crippen LogP) is 2.91. The summed E-state index contributed by atoms with van der Waals surface area (Å²) in [5.41, 5.74) is 0.198. The molecule has 0 spiro atoms. The van der Waals surface area contributed by atoms with E-state index in [1.165, 1.54) is 12.1 Å². The molecule has 1 heterocycles. The zero-order chi connectivity index (χ0) is 14.0. The maximum Gasteiger partial charge on any atom is 0.416 e. The Kier molecular flexibility index (Phi) is 3.94. The first-order valence-corrected chi connectivity index (χ1v) is 6.24. The van der Waals surface area contributed by atoms with Gasteiger partial charge in [0.25, 0.3) is 0 Å². The van der Waals surface area contributed by atoms with Crippen LogP contribution in [0, 0.1) is 0 Å². The van der Waals surface area contributed by atoms with Gasteiger partial charge in [0.2, 0.25) is 0 Å². The largest absolute Gasteiger partial charge is 0.416 e. The molecule has 0 aliphatic carbocycles. The van der Waals surface area contributed by atoms with Gasteiger partial charge in [-0.2, -0.15) is 13.2 Å². The topological polar surface area (TPSA) is 20.3 Å². The van der Waals surface area contributed by atoms with Gasteiger partial charge in [-0.3, -0.25) is 4.79 Å². The quantitative estimate of drug-likeness (QED) is 0.824. The molecule has 0 aromatic heterocycles. The zero-order valence-corrected chi connectivity index (χ0v) is 10.7. The number of hydrogen-bond acceptors (Lipinski definition) is 2. The number of alkyl halides is 3. The molecule has 0 saturated carbocycles. The maximum absolute atomic E-state index is 12.4. The average molecular weight is 271 g/mol. The van der Waals surface area contributed by atoms with Crippen molar-refractivity contribution < 1.29 is 18.0 Å². The zero-order valence-electron chi connectivity index (χ0n) is 10.7. The van der Waals surface area contributed by atoms with Crippen molar-refractivity contribution in [3.05, 3.63) is 35.4 Å². The molecule has 0 radical (unpaired) electrons. The van der Waals surface area contributed by atoms with E-state index in [-0.39, 0.29) is 11.8 Å². The van der Waals surface area contributed by atoms with Crippen LogP contribution in [0.1, 0.15) is 24.0 Å². The Hall–Kier alpha value is -1.36. The molecule has 0 amide bonds. The number of ketones is 1. The molecule has 1 aliphatic rings. The molecule has 1 atom stereocenters. The number of benzene rings is 1. The Morgan fingerprint density at radius 3 is 2.47 bits per heavy atom. The first-order valence-electron chi connectivity index (χ1n) is 6.24.